The lowest BCUT2D eigenvalue weighted by atomic mass is 10.0. The summed E-state index contributed by atoms with van der Waals surface area (Å²) in [6.45, 7) is 4.64. The molecule has 0 radical (unpaired) electrons. The van der Waals surface area contributed by atoms with Gasteiger partial charge in [0.05, 0.1) is 22.0 Å². The normalized spacial score (nSPS) is 12.2. The summed E-state index contributed by atoms with van der Waals surface area (Å²) in [5.41, 5.74) is 2.03. The van der Waals surface area contributed by atoms with E-state index in [2.05, 4.69) is 5.32 Å². The van der Waals surface area contributed by atoms with Crippen LogP contribution >= 0.6 is 34.8 Å². The van der Waals surface area contributed by atoms with Crippen molar-refractivity contribution in [1.29, 1.82) is 0 Å². The number of carbonyl (C=O) groups excluding carboxylic acids is 2. The Morgan fingerprint density at radius 1 is 0.881 bits per heavy atom. The number of anilines is 1. The Morgan fingerprint density at radius 3 is 2.21 bits per heavy atom. The molecule has 42 heavy (non-hydrogen) atoms. The van der Waals surface area contributed by atoms with Crippen LogP contribution in [0.1, 0.15) is 37.8 Å². The molecule has 0 unspecified atom stereocenters. The first-order chi connectivity index (χ1) is 19.8. The number of sulfonamides is 1. The summed E-state index contributed by atoms with van der Waals surface area (Å²) >= 11 is 18.5. The summed E-state index contributed by atoms with van der Waals surface area (Å²) in [5.74, 6) is -0.335. The Balaban J connectivity index is 1.90. The van der Waals surface area contributed by atoms with Gasteiger partial charge in [-0.25, -0.2) is 8.42 Å². The van der Waals surface area contributed by atoms with E-state index in [1.54, 1.807) is 47.4 Å². The fourth-order valence-electron chi connectivity index (χ4n) is 4.45. The van der Waals surface area contributed by atoms with Gasteiger partial charge < -0.3 is 10.2 Å². The maximum Gasteiger partial charge on any atom is 0.243 e. The fourth-order valence-corrected chi connectivity index (χ4v) is 5.91. The van der Waals surface area contributed by atoms with E-state index in [0.717, 1.165) is 11.8 Å². The molecule has 7 nitrogen and oxygen atoms in total. The minimum absolute atomic E-state index is 0.0106. The lowest BCUT2D eigenvalue weighted by Gasteiger charge is -2.32. The maximum absolute atomic E-state index is 13.9. The predicted octanol–water partition coefficient (Wildman–Crippen LogP) is 6.61. The Kier molecular flexibility index (Phi) is 12.5. The largest absolute Gasteiger partial charge is 0.354 e. The second-order valence-corrected chi connectivity index (χ2v) is 13.7. The molecule has 0 saturated heterocycles. The Morgan fingerprint density at radius 2 is 1.60 bits per heavy atom. The van der Waals surface area contributed by atoms with Crippen molar-refractivity contribution >= 4 is 62.3 Å². The third kappa shape index (κ3) is 10.2. The molecule has 0 aromatic heterocycles. The van der Waals surface area contributed by atoms with Gasteiger partial charge in [-0.15, -0.1) is 0 Å². The van der Waals surface area contributed by atoms with Gasteiger partial charge >= 0.3 is 0 Å². The molecule has 1 N–H and O–H groups in total. The second-order valence-electron chi connectivity index (χ2n) is 10.5. The third-order valence-corrected chi connectivity index (χ3v) is 8.71. The van der Waals surface area contributed by atoms with Crippen LogP contribution in [-0.4, -0.2) is 50.5 Å². The van der Waals surface area contributed by atoms with E-state index >= 15 is 0 Å². The molecule has 1 atom stereocenters. The zero-order valence-corrected chi connectivity index (χ0v) is 27.0. The lowest BCUT2D eigenvalue weighted by molar-refractivity contribution is -0.141. The van der Waals surface area contributed by atoms with Crippen LogP contribution < -0.4 is 9.62 Å². The number of hydrogen-bond donors (Lipinski definition) is 1. The molecular weight excluding hydrogens is 617 g/mol. The Bertz CT molecular complexity index is 1470. The van der Waals surface area contributed by atoms with Crippen LogP contribution in [0, 0.1) is 5.92 Å². The highest BCUT2D eigenvalue weighted by Crippen LogP contribution is 2.26. The van der Waals surface area contributed by atoms with Gasteiger partial charge in [0, 0.05) is 37.5 Å². The summed E-state index contributed by atoms with van der Waals surface area (Å²) in [6, 6.07) is 20.3. The number of hydrogen-bond acceptors (Lipinski definition) is 4. The standard InChI is InChI=1S/C31H36Cl3N3O4S/c1-22(2)20-35-31(39)29(18-23-9-5-4-6-10-23)36(21-24-14-15-27(33)28(34)17-24)30(38)13-8-16-37(42(3,40)41)26-12-7-11-25(32)19-26/h4-7,9-12,14-15,17,19,22,29H,8,13,16,18,20-21H2,1-3H3,(H,35,39)/t29-/m1/s1. The van der Waals surface area contributed by atoms with Crippen molar-refractivity contribution in [2.45, 2.75) is 45.7 Å². The Hall–Kier alpha value is -2.78. The molecule has 0 heterocycles. The molecule has 0 spiro atoms. The van der Waals surface area contributed by atoms with E-state index in [0.29, 0.717) is 39.3 Å². The lowest BCUT2D eigenvalue weighted by Crippen LogP contribution is -2.51. The van der Waals surface area contributed by atoms with Crippen LogP contribution in [0.15, 0.2) is 72.8 Å². The van der Waals surface area contributed by atoms with Crippen molar-refractivity contribution in [2.75, 3.05) is 23.7 Å². The summed E-state index contributed by atoms with van der Waals surface area (Å²) in [4.78, 5) is 29.0. The summed E-state index contributed by atoms with van der Waals surface area (Å²) in [6.07, 6.45) is 1.65. The monoisotopic (exact) mass is 651 g/mol. The summed E-state index contributed by atoms with van der Waals surface area (Å²) in [7, 11) is -3.64. The van der Waals surface area contributed by atoms with E-state index in [9.17, 15) is 18.0 Å². The molecule has 0 aliphatic carbocycles. The van der Waals surface area contributed by atoms with Crippen molar-refractivity contribution in [1.82, 2.24) is 10.2 Å². The first kappa shape index (κ1) is 33.7. The third-order valence-electron chi connectivity index (χ3n) is 6.54. The van der Waals surface area contributed by atoms with Gasteiger partial charge in [0.15, 0.2) is 0 Å². The van der Waals surface area contributed by atoms with Gasteiger partial charge in [0.25, 0.3) is 0 Å². The molecule has 226 valence electrons. The molecule has 0 bridgehead atoms. The molecule has 0 fully saturated rings. The highest BCUT2D eigenvalue weighted by atomic mass is 35.5. The quantitative estimate of drug-likeness (QED) is 0.213. The summed E-state index contributed by atoms with van der Waals surface area (Å²) in [5, 5.41) is 4.12. The van der Waals surface area contributed by atoms with Gasteiger partial charge in [0.2, 0.25) is 21.8 Å². The molecule has 0 aliphatic heterocycles. The SMILES string of the molecule is CC(C)CNC(=O)[C@@H](Cc1ccccc1)N(Cc1ccc(Cl)c(Cl)c1)C(=O)CCCN(c1cccc(Cl)c1)S(C)(=O)=O. The number of amides is 2. The highest BCUT2D eigenvalue weighted by molar-refractivity contribution is 7.92. The van der Waals surface area contributed by atoms with Gasteiger partial charge in [-0.3, -0.25) is 13.9 Å². The van der Waals surface area contributed by atoms with Gasteiger partial charge in [-0.2, -0.15) is 0 Å². The van der Waals surface area contributed by atoms with Crippen LogP contribution in [0.2, 0.25) is 15.1 Å². The van der Waals surface area contributed by atoms with Crippen LogP contribution in [0.5, 0.6) is 0 Å². The average molecular weight is 653 g/mol. The van der Waals surface area contributed by atoms with Crippen molar-refractivity contribution in [3.05, 3.63) is 99.0 Å². The molecule has 0 aliphatic rings. The van der Waals surface area contributed by atoms with Crippen molar-refractivity contribution in [2.24, 2.45) is 5.92 Å². The van der Waals surface area contributed by atoms with Crippen LogP contribution in [0.3, 0.4) is 0 Å². The molecule has 11 heteroatoms. The minimum Gasteiger partial charge on any atom is -0.354 e. The number of nitrogens with one attached hydrogen (secondary N) is 1. The summed E-state index contributed by atoms with van der Waals surface area (Å²) < 4.78 is 26.4. The number of rotatable bonds is 14. The minimum atomic E-state index is -3.64. The molecule has 3 aromatic rings. The Labute approximate surface area is 263 Å². The van der Waals surface area contributed by atoms with E-state index in [1.807, 2.05) is 44.2 Å². The molecular formula is C31H36Cl3N3O4S. The molecule has 2 amide bonds. The van der Waals surface area contributed by atoms with E-state index in [1.165, 1.54) is 4.31 Å². The van der Waals surface area contributed by atoms with Gasteiger partial charge in [0.1, 0.15) is 6.04 Å². The van der Waals surface area contributed by atoms with Crippen molar-refractivity contribution in [3.8, 4) is 0 Å². The molecule has 0 saturated carbocycles. The topological polar surface area (TPSA) is 86.8 Å². The average Bonchev–Trinajstić information content (AvgIpc) is 2.93. The van der Waals surface area contributed by atoms with E-state index in [-0.39, 0.29) is 43.7 Å². The van der Waals surface area contributed by atoms with Gasteiger partial charge in [-0.05, 0) is 53.8 Å². The zero-order valence-electron chi connectivity index (χ0n) is 23.9. The predicted molar refractivity (Wildman–Crippen MR) is 172 cm³/mol. The van der Waals surface area contributed by atoms with E-state index < -0.39 is 16.1 Å². The first-order valence-electron chi connectivity index (χ1n) is 13.6. The molecule has 3 rings (SSSR count). The molecule has 3 aromatic carbocycles. The van der Waals surface area contributed by atoms with Crippen molar-refractivity contribution in [3.63, 3.8) is 0 Å². The fraction of sp³-hybridized carbons (Fsp3) is 0.355. The zero-order chi connectivity index (χ0) is 30.9. The number of halogens is 3. The number of carbonyl (C=O) groups is 2. The number of benzene rings is 3. The van der Waals surface area contributed by atoms with Crippen LogP contribution in [0.4, 0.5) is 5.69 Å². The van der Waals surface area contributed by atoms with Crippen LogP contribution in [0.25, 0.3) is 0 Å². The number of nitrogens with zero attached hydrogens (tertiary/aromatic N) is 2. The first-order valence-corrected chi connectivity index (χ1v) is 16.6. The van der Waals surface area contributed by atoms with Crippen LogP contribution in [-0.2, 0) is 32.6 Å². The maximum atomic E-state index is 13.9. The highest BCUT2D eigenvalue weighted by Gasteiger charge is 2.30. The van der Waals surface area contributed by atoms with Crippen molar-refractivity contribution < 1.29 is 18.0 Å². The second kappa shape index (κ2) is 15.6. The van der Waals surface area contributed by atoms with E-state index in [4.69, 9.17) is 34.8 Å². The smallest absolute Gasteiger partial charge is 0.243 e. The van der Waals surface area contributed by atoms with Gasteiger partial charge in [-0.1, -0.05) is 91.1 Å².